The molecular weight excluding hydrogens is 502 g/mol. The van der Waals surface area contributed by atoms with Crippen LogP contribution in [-0.2, 0) is 0 Å². The lowest BCUT2D eigenvalue weighted by Gasteiger charge is -2.33. The maximum absolute atomic E-state index is 13.9. The van der Waals surface area contributed by atoms with Gasteiger partial charge < -0.3 is 15.0 Å². The molecule has 2 aromatic carbocycles. The molecule has 1 aliphatic rings. The zero-order chi connectivity index (χ0) is 25.5. The minimum Gasteiger partial charge on any atom is -0.406 e. The average Bonchev–Trinajstić information content (AvgIpc) is 3.21. The fourth-order valence-electron chi connectivity index (χ4n) is 3.75. The molecule has 35 heavy (non-hydrogen) atoms. The molecule has 0 unspecified atom stereocenters. The normalized spacial score (nSPS) is 17.9. The minimum atomic E-state index is -4.87. The van der Waals surface area contributed by atoms with Crippen LogP contribution in [0.15, 0.2) is 54.6 Å². The maximum Gasteiger partial charge on any atom is 0.573 e. The molecule has 0 fully saturated rings. The summed E-state index contributed by atoms with van der Waals surface area (Å²) in [5, 5.41) is 7.32. The number of anilines is 2. The summed E-state index contributed by atoms with van der Waals surface area (Å²) in [6.07, 6.45) is -9.86. The van der Waals surface area contributed by atoms with Gasteiger partial charge in [0, 0.05) is 30.2 Å². The van der Waals surface area contributed by atoms with Crippen LogP contribution in [0, 0.1) is 0 Å². The smallest absolute Gasteiger partial charge is 0.406 e. The number of nitrogens with zero attached hydrogens (tertiary/aromatic N) is 3. The molecule has 0 aliphatic carbocycles. The SMILES string of the molecule is CN(C(=O)c1cc2n(n1)[C@@H](C(F)(F)F)C[C@H](c1ccc(Cl)cc1)N2)c1ccc(OC(F)(F)F)cc1. The number of amides is 1. The first kappa shape index (κ1) is 24.7. The van der Waals surface area contributed by atoms with Crippen molar-refractivity contribution in [3.8, 4) is 5.75 Å². The Morgan fingerprint density at radius 1 is 1.09 bits per heavy atom. The predicted molar refractivity (Wildman–Crippen MR) is 116 cm³/mol. The second-order valence-electron chi connectivity index (χ2n) is 7.81. The van der Waals surface area contributed by atoms with Crippen molar-refractivity contribution in [3.05, 3.63) is 70.9 Å². The standard InChI is InChI=1S/C22H17ClF6N4O2/c1-32(14-6-8-15(9-7-14)35-22(27,28)29)20(34)17-11-19-30-16(12-2-4-13(23)5-3-12)10-18(21(24,25)26)33(19)31-17/h2-9,11,16,18,30H,10H2,1H3/t16-,18-/m1/s1. The molecule has 4 rings (SSSR count). The van der Waals surface area contributed by atoms with Crippen molar-refractivity contribution in [2.24, 2.45) is 0 Å². The van der Waals surface area contributed by atoms with Crippen molar-refractivity contribution < 1.29 is 35.9 Å². The Hall–Kier alpha value is -3.41. The number of hydrogen-bond donors (Lipinski definition) is 1. The lowest BCUT2D eigenvalue weighted by molar-refractivity contribution is -0.274. The molecule has 1 N–H and O–H groups in total. The van der Waals surface area contributed by atoms with Crippen LogP contribution < -0.4 is 15.0 Å². The quantitative estimate of drug-likeness (QED) is 0.408. The number of alkyl halides is 6. The van der Waals surface area contributed by atoms with E-state index in [4.69, 9.17) is 11.6 Å². The van der Waals surface area contributed by atoms with Gasteiger partial charge in [0.1, 0.15) is 11.6 Å². The Bertz CT molecular complexity index is 1210. The van der Waals surface area contributed by atoms with Gasteiger partial charge in [-0.3, -0.25) is 4.79 Å². The minimum absolute atomic E-state index is 0.00389. The van der Waals surface area contributed by atoms with E-state index in [1.165, 1.54) is 25.2 Å². The van der Waals surface area contributed by atoms with Gasteiger partial charge in [0.15, 0.2) is 11.7 Å². The van der Waals surface area contributed by atoms with Gasteiger partial charge in [-0.05, 0) is 42.0 Å². The summed E-state index contributed by atoms with van der Waals surface area (Å²) in [5.41, 5.74) is 0.508. The number of fused-ring (bicyclic) bond motifs is 1. The van der Waals surface area contributed by atoms with Gasteiger partial charge in [-0.25, -0.2) is 4.68 Å². The molecule has 6 nitrogen and oxygen atoms in total. The van der Waals surface area contributed by atoms with E-state index >= 15 is 0 Å². The van der Waals surface area contributed by atoms with Crippen molar-refractivity contribution in [2.75, 3.05) is 17.3 Å². The van der Waals surface area contributed by atoms with E-state index in [0.717, 1.165) is 21.7 Å². The van der Waals surface area contributed by atoms with Crippen molar-refractivity contribution in [3.63, 3.8) is 0 Å². The summed E-state index contributed by atoms with van der Waals surface area (Å²) in [6.45, 7) is 0. The Labute approximate surface area is 200 Å². The highest BCUT2D eigenvalue weighted by molar-refractivity contribution is 6.30. The Morgan fingerprint density at radius 3 is 2.29 bits per heavy atom. The summed E-state index contributed by atoms with van der Waals surface area (Å²) in [5.74, 6) is -1.23. The van der Waals surface area contributed by atoms with Crippen LogP contribution in [0.5, 0.6) is 5.75 Å². The molecule has 13 heteroatoms. The lowest BCUT2D eigenvalue weighted by atomic mass is 9.97. The van der Waals surface area contributed by atoms with Gasteiger partial charge in [0.2, 0.25) is 0 Å². The van der Waals surface area contributed by atoms with Crippen molar-refractivity contribution in [1.82, 2.24) is 9.78 Å². The molecule has 186 valence electrons. The third kappa shape index (κ3) is 5.47. The Balaban J connectivity index is 1.59. The summed E-state index contributed by atoms with van der Waals surface area (Å²) < 4.78 is 83.1. The highest BCUT2D eigenvalue weighted by atomic mass is 35.5. The van der Waals surface area contributed by atoms with Crippen molar-refractivity contribution in [1.29, 1.82) is 0 Å². The summed E-state index contributed by atoms with van der Waals surface area (Å²) in [6, 6.07) is 9.35. The van der Waals surface area contributed by atoms with E-state index in [1.807, 2.05) is 0 Å². The molecule has 1 amide bonds. The van der Waals surface area contributed by atoms with Crippen LogP contribution in [0.3, 0.4) is 0 Å². The summed E-state index contributed by atoms with van der Waals surface area (Å²) in [4.78, 5) is 14.0. The first-order chi connectivity index (χ1) is 16.3. The van der Waals surface area contributed by atoms with E-state index in [2.05, 4.69) is 15.2 Å². The van der Waals surface area contributed by atoms with Gasteiger partial charge in [-0.15, -0.1) is 13.2 Å². The van der Waals surface area contributed by atoms with Crippen LogP contribution >= 0.6 is 11.6 Å². The number of carbonyl (C=O) groups is 1. The molecule has 0 radical (unpaired) electrons. The van der Waals surface area contributed by atoms with Crippen LogP contribution in [0.25, 0.3) is 0 Å². The van der Waals surface area contributed by atoms with Crippen molar-refractivity contribution >= 4 is 29.0 Å². The van der Waals surface area contributed by atoms with Gasteiger partial charge in [-0.2, -0.15) is 18.3 Å². The number of ether oxygens (including phenoxy) is 1. The number of rotatable bonds is 4. The average molecular weight is 519 g/mol. The monoisotopic (exact) mass is 518 g/mol. The summed E-state index contributed by atoms with van der Waals surface area (Å²) >= 11 is 5.87. The molecule has 2 heterocycles. The number of aromatic nitrogens is 2. The van der Waals surface area contributed by atoms with Crippen LogP contribution in [0.1, 0.15) is 34.6 Å². The van der Waals surface area contributed by atoms with Crippen LogP contribution in [0.4, 0.5) is 37.8 Å². The molecular formula is C22H17ClF6N4O2. The fraction of sp³-hybridized carbons (Fsp3) is 0.273. The molecule has 1 aromatic heterocycles. The number of halogens is 7. The van der Waals surface area contributed by atoms with E-state index in [1.54, 1.807) is 24.3 Å². The molecule has 0 bridgehead atoms. The number of benzene rings is 2. The third-order valence-electron chi connectivity index (χ3n) is 5.44. The molecule has 0 spiro atoms. The van der Waals surface area contributed by atoms with Gasteiger partial charge in [0.25, 0.3) is 5.91 Å². The molecule has 0 saturated heterocycles. The zero-order valence-electron chi connectivity index (χ0n) is 17.9. The fourth-order valence-corrected chi connectivity index (χ4v) is 3.88. The second kappa shape index (κ2) is 8.99. The van der Waals surface area contributed by atoms with Crippen LogP contribution in [0.2, 0.25) is 5.02 Å². The van der Waals surface area contributed by atoms with E-state index in [-0.39, 0.29) is 23.6 Å². The number of carbonyl (C=O) groups excluding carboxylic acids is 1. The number of nitrogens with one attached hydrogen (secondary N) is 1. The lowest BCUT2D eigenvalue weighted by Crippen LogP contribution is -2.35. The maximum atomic E-state index is 13.9. The second-order valence-corrected chi connectivity index (χ2v) is 8.24. The number of hydrogen-bond acceptors (Lipinski definition) is 4. The first-order valence-electron chi connectivity index (χ1n) is 10.1. The first-order valence-corrected chi connectivity index (χ1v) is 10.5. The highest BCUT2D eigenvalue weighted by Gasteiger charge is 2.47. The van der Waals surface area contributed by atoms with Gasteiger partial charge in [-0.1, -0.05) is 23.7 Å². The molecule has 1 aliphatic heterocycles. The van der Waals surface area contributed by atoms with Gasteiger partial charge >= 0.3 is 12.5 Å². The van der Waals surface area contributed by atoms with Crippen LogP contribution in [-0.4, -0.2) is 35.3 Å². The molecule has 2 atom stereocenters. The highest BCUT2D eigenvalue weighted by Crippen LogP contribution is 2.44. The van der Waals surface area contributed by atoms with E-state index in [0.29, 0.717) is 10.6 Å². The molecule has 3 aromatic rings. The largest absolute Gasteiger partial charge is 0.573 e. The topological polar surface area (TPSA) is 59.4 Å². The van der Waals surface area contributed by atoms with E-state index < -0.39 is 36.3 Å². The third-order valence-corrected chi connectivity index (χ3v) is 5.70. The van der Waals surface area contributed by atoms with Crippen molar-refractivity contribution in [2.45, 2.75) is 31.0 Å². The summed E-state index contributed by atoms with van der Waals surface area (Å²) in [7, 11) is 1.32. The Morgan fingerprint density at radius 2 is 1.71 bits per heavy atom. The molecule has 0 saturated carbocycles. The van der Waals surface area contributed by atoms with E-state index in [9.17, 15) is 31.1 Å². The zero-order valence-corrected chi connectivity index (χ0v) is 18.6. The van der Waals surface area contributed by atoms with Gasteiger partial charge in [0.05, 0.1) is 6.04 Å². The predicted octanol–water partition coefficient (Wildman–Crippen LogP) is 6.37. The Kier molecular flexibility index (Phi) is 6.34.